The second-order valence-electron chi connectivity index (χ2n) is 2.75. The fourth-order valence-corrected chi connectivity index (χ4v) is 1.43. The second kappa shape index (κ2) is 5.58. The van der Waals surface area contributed by atoms with E-state index in [1.54, 1.807) is 0 Å². The van der Waals surface area contributed by atoms with Gasteiger partial charge in [0.2, 0.25) is 0 Å². The molecule has 0 fully saturated rings. The molecule has 0 atom stereocenters. The van der Waals surface area contributed by atoms with E-state index >= 15 is 0 Å². The zero-order valence-corrected chi connectivity index (χ0v) is 9.38. The summed E-state index contributed by atoms with van der Waals surface area (Å²) in [7, 11) is 0. The van der Waals surface area contributed by atoms with Crippen molar-refractivity contribution in [1.82, 2.24) is 0 Å². The summed E-state index contributed by atoms with van der Waals surface area (Å²) in [5.74, 6) is -1.24. The number of ether oxygens (including phenoxy) is 1. The SMILES string of the molecule is O=C(O)COC(=O)Nc1cc(Cl)cc(Cl)c1. The van der Waals surface area contributed by atoms with Gasteiger partial charge in [0.15, 0.2) is 6.61 Å². The van der Waals surface area contributed by atoms with Gasteiger partial charge in [0.1, 0.15) is 0 Å². The molecular formula is C9H7Cl2NO4. The molecule has 16 heavy (non-hydrogen) atoms. The third kappa shape index (κ3) is 4.37. The number of carbonyl (C=O) groups is 2. The fourth-order valence-electron chi connectivity index (χ4n) is 0.907. The number of nitrogens with one attached hydrogen (secondary N) is 1. The number of hydrogen-bond donors (Lipinski definition) is 2. The first-order chi connectivity index (χ1) is 7.47. The van der Waals surface area contributed by atoms with Crippen molar-refractivity contribution in [2.24, 2.45) is 0 Å². The van der Waals surface area contributed by atoms with Crippen LogP contribution in [0, 0.1) is 0 Å². The first-order valence-electron chi connectivity index (χ1n) is 4.09. The van der Waals surface area contributed by atoms with Crippen LogP contribution in [0.5, 0.6) is 0 Å². The molecule has 0 unspecified atom stereocenters. The van der Waals surface area contributed by atoms with Gasteiger partial charge < -0.3 is 9.84 Å². The summed E-state index contributed by atoms with van der Waals surface area (Å²) >= 11 is 11.4. The number of carbonyl (C=O) groups excluding carboxylic acids is 1. The van der Waals surface area contributed by atoms with Crippen molar-refractivity contribution < 1.29 is 19.4 Å². The lowest BCUT2D eigenvalue weighted by molar-refractivity contribution is -0.140. The highest BCUT2D eigenvalue weighted by Crippen LogP contribution is 2.22. The smallest absolute Gasteiger partial charge is 0.412 e. The lowest BCUT2D eigenvalue weighted by Gasteiger charge is -2.05. The molecule has 0 saturated carbocycles. The average Bonchev–Trinajstić information content (AvgIpc) is 2.12. The van der Waals surface area contributed by atoms with Crippen LogP contribution in [0.3, 0.4) is 0 Å². The van der Waals surface area contributed by atoms with Gasteiger partial charge in [0, 0.05) is 15.7 Å². The van der Waals surface area contributed by atoms with E-state index in [1.807, 2.05) is 0 Å². The largest absolute Gasteiger partial charge is 0.479 e. The maximum absolute atomic E-state index is 11.1. The van der Waals surface area contributed by atoms with Gasteiger partial charge in [-0.05, 0) is 18.2 Å². The Hall–Kier alpha value is -1.46. The van der Waals surface area contributed by atoms with Gasteiger partial charge in [-0.1, -0.05) is 23.2 Å². The molecular weight excluding hydrogens is 257 g/mol. The standard InChI is InChI=1S/C9H7Cl2NO4/c10-5-1-6(11)3-7(2-5)12-9(15)16-4-8(13)14/h1-3H,4H2,(H,12,15)(H,13,14). The third-order valence-corrected chi connectivity index (χ3v) is 1.87. The Kier molecular flexibility index (Phi) is 4.39. The number of rotatable bonds is 3. The highest BCUT2D eigenvalue weighted by Gasteiger charge is 2.07. The van der Waals surface area contributed by atoms with E-state index in [0.717, 1.165) is 0 Å². The van der Waals surface area contributed by atoms with Crippen molar-refractivity contribution in [3.8, 4) is 0 Å². The minimum Gasteiger partial charge on any atom is -0.479 e. The van der Waals surface area contributed by atoms with Crippen LogP contribution >= 0.6 is 23.2 Å². The number of carboxylic acid groups (broad SMARTS) is 1. The summed E-state index contributed by atoms with van der Waals surface area (Å²) in [6, 6.07) is 4.40. The quantitative estimate of drug-likeness (QED) is 0.879. The summed E-state index contributed by atoms with van der Waals surface area (Å²) in [6.07, 6.45) is -0.888. The number of amides is 1. The Bertz CT molecular complexity index is 402. The minimum atomic E-state index is -1.24. The maximum atomic E-state index is 11.1. The number of aliphatic carboxylic acids is 1. The summed E-state index contributed by atoms with van der Waals surface area (Å²) in [5.41, 5.74) is 0.327. The van der Waals surface area contributed by atoms with E-state index in [0.29, 0.717) is 15.7 Å². The highest BCUT2D eigenvalue weighted by molar-refractivity contribution is 6.35. The molecule has 0 bridgehead atoms. The number of anilines is 1. The van der Waals surface area contributed by atoms with Crippen LogP contribution in [-0.4, -0.2) is 23.8 Å². The van der Waals surface area contributed by atoms with Crippen molar-refractivity contribution in [3.63, 3.8) is 0 Å². The van der Waals surface area contributed by atoms with Gasteiger partial charge in [-0.25, -0.2) is 9.59 Å². The summed E-state index contributed by atoms with van der Waals surface area (Å²) in [4.78, 5) is 21.2. The van der Waals surface area contributed by atoms with Crippen LogP contribution in [-0.2, 0) is 9.53 Å². The van der Waals surface area contributed by atoms with Crippen LogP contribution in [0.25, 0.3) is 0 Å². The number of halogens is 2. The van der Waals surface area contributed by atoms with Crippen molar-refractivity contribution >= 4 is 41.0 Å². The lowest BCUT2D eigenvalue weighted by Crippen LogP contribution is -2.18. The predicted molar refractivity (Wildman–Crippen MR) is 59.1 cm³/mol. The molecule has 0 aliphatic rings. The van der Waals surface area contributed by atoms with E-state index in [2.05, 4.69) is 10.1 Å². The molecule has 0 aliphatic carbocycles. The zero-order chi connectivity index (χ0) is 12.1. The van der Waals surface area contributed by atoms with Crippen molar-refractivity contribution in [2.75, 3.05) is 11.9 Å². The average molecular weight is 264 g/mol. The van der Waals surface area contributed by atoms with Gasteiger partial charge in [0.05, 0.1) is 0 Å². The van der Waals surface area contributed by atoms with Gasteiger partial charge in [-0.2, -0.15) is 0 Å². The molecule has 1 rings (SSSR count). The summed E-state index contributed by atoms with van der Waals surface area (Å²) in [6.45, 7) is -0.708. The number of benzene rings is 1. The van der Waals surface area contributed by atoms with Crippen LogP contribution < -0.4 is 5.32 Å². The molecule has 1 aromatic carbocycles. The van der Waals surface area contributed by atoms with Crippen LogP contribution in [0.4, 0.5) is 10.5 Å². The van der Waals surface area contributed by atoms with E-state index in [4.69, 9.17) is 28.3 Å². The molecule has 0 heterocycles. The molecule has 0 aromatic heterocycles. The van der Waals surface area contributed by atoms with Crippen LogP contribution in [0.2, 0.25) is 10.0 Å². The highest BCUT2D eigenvalue weighted by atomic mass is 35.5. The summed E-state index contributed by atoms with van der Waals surface area (Å²) in [5, 5.41) is 11.3. The third-order valence-electron chi connectivity index (χ3n) is 1.44. The Labute approximate surface area is 101 Å². The zero-order valence-electron chi connectivity index (χ0n) is 7.87. The van der Waals surface area contributed by atoms with E-state index < -0.39 is 18.7 Å². The minimum absolute atomic E-state index is 0.327. The molecule has 0 aliphatic heterocycles. The molecule has 1 aromatic rings. The van der Waals surface area contributed by atoms with Gasteiger partial charge in [-0.15, -0.1) is 0 Å². The molecule has 86 valence electrons. The second-order valence-corrected chi connectivity index (χ2v) is 3.63. The normalized spacial score (nSPS) is 9.62. The van der Waals surface area contributed by atoms with E-state index in [-0.39, 0.29) is 0 Å². The monoisotopic (exact) mass is 263 g/mol. The Morgan fingerprint density at radius 3 is 2.31 bits per heavy atom. The van der Waals surface area contributed by atoms with Gasteiger partial charge >= 0.3 is 12.1 Å². The van der Waals surface area contributed by atoms with Crippen LogP contribution in [0.1, 0.15) is 0 Å². The van der Waals surface area contributed by atoms with E-state index in [9.17, 15) is 9.59 Å². The molecule has 7 heteroatoms. The predicted octanol–water partition coefficient (Wildman–Crippen LogP) is 2.63. The molecule has 5 nitrogen and oxygen atoms in total. The molecule has 0 saturated heterocycles. The van der Waals surface area contributed by atoms with Gasteiger partial charge in [0.25, 0.3) is 0 Å². The Balaban J connectivity index is 2.59. The maximum Gasteiger partial charge on any atom is 0.412 e. The number of hydrogen-bond acceptors (Lipinski definition) is 3. The molecule has 2 N–H and O–H groups in total. The first-order valence-corrected chi connectivity index (χ1v) is 4.84. The van der Waals surface area contributed by atoms with Crippen molar-refractivity contribution in [3.05, 3.63) is 28.2 Å². The van der Waals surface area contributed by atoms with Crippen LogP contribution in [0.15, 0.2) is 18.2 Å². The molecule has 0 radical (unpaired) electrons. The fraction of sp³-hybridized carbons (Fsp3) is 0.111. The van der Waals surface area contributed by atoms with Crippen molar-refractivity contribution in [2.45, 2.75) is 0 Å². The van der Waals surface area contributed by atoms with E-state index in [1.165, 1.54) is 18.2 Å². The summed E-state index contributed by atoms with van der Waals surface area (Å²) < 4.78 is 4.35. The Morgan fingerprint density at radius 2 is 1.81 bits per heavy atom. The number of carboxylic acids is 1. The topological polar surface area (TPSA) is 75.6 Å². The molecule has 0 spiro atoms. The molecule has 1 amide bonds. The Morgan fingerprint density at radius 1 is 1.25 bits per heavy atom. The van der Waals surface area contributed by atoms with Crippen molar-refractivity contribution in [1.29, 1.82) is 0 Å². The lowest BCUT2D eigenvalue weighted by atomic mass is 10.3. The first kappa shape index (κ1) is 12.6. The van der Waals surface area contributed by atoms with Gasteiger partial charge in [-0.3, -0.25) is 5.32 Å².